The molecule has 0 aliphatic heterocycles. The van der Waals surface area contributed by atoms with E-state index in [9.17, 15) is 0 Å². The van der Waals surface area contributed by atoms with Crippen molar-refractivity contribution in [1.82, 2.24) is 4.98 Å². The minimum absolute atomic E-state index is 0.00605. The topological polar surface area (TPSA) is 28.9 Å². The Bertz CT molecular complexity index is 1630. The molecule has 29 heavy (non-hydrogen) atoms. The van der Waals surface area contributed by atoms with Crippen LogP contribution in [0.25, 0.3) is 54.9 Å². The molecule has 0 bridgehead atoms. The third-order valence-electron chi connectivity index (χ3n) is 6.81. The molecule has 0 saturated carbocycles. The zero-order valence-electron chi connectivity index (χ0n) is 16.3. The van der Waals surface area contributed by atoms with Gasteiger partial charge in [0.05, 0.1) is 10.9 Å². The summed E-state index contributed by atoms with van der Waals surface area (Å²) in [5, 5.41) is 4.76. The number of H-pyrrole nitrogens is 1. The Kier molecular flexibility index (Phi) is 2.60. The lowest BCUT2D eigenvalue weighted by atomic mass is 9.82. The maximum absolute atomic E-state index is 6.34. The smallest absolute Gasteiger partial charge is 0.145 e. The average molecular weight is 373 g/mol. The fourth-order valence-electron chi connectivity index (χ4n) is 5.36. The number of nitrogens with one attached hydrogen (secondary N) is 1. The van der Waals surface area contributed by atoms with Gasteiger partial charge in [0.15, 0.2) is 0 Å². The van der Waals surface area contributed by atoms with E-state index in [0.717, 1.165) is 16.7 Å². The van der Waals surface area contributed by atoms with E-state index >= 15 is 0 Å². The molecule has 1 aliphatic carbocycles. The van der Waals surface area contributed by atoms with Gasteiger partial charge in [-0.3, -0.25) is 0 Å². The second-order valence-electron chi connectivity index (χ2n) is 8.70. The summed E-state index contributed by atoms with van der Waals surface area (Å²) >= 11 is 0. The Balaban J connectivity index is 1.67. The van der Waals surface area contributed by atoms with E-state index in [1.54, 1.807) is 0 Å². The third kappa shape index (κ3) is 1.78. The van der Waals surface area contributed by atoms with Crippen LogP contribution >= 0.6 is 0 Å². The van der Waals surface area contributed by atoms with Gasteiger partial charge in [-0.1, -0.05) is 56.3 Å². The van der Waals surface area contributed by atoms with Crippen LogP contribution in [0.1, 0.15) is 25.0 Å². The predicted octanol–water partition coefficient (Wildman–Crippen LogP) is 7.53. The summed E-state index contributed by atoms with van der Waals surface area (Å²) < 4.78 is 6.34. The standard InChI is InChI=1S/C27H19NO/c1-27(2)20-9-5-3-7-15(20)18-13-19-23(14-21(18)27)28-22-12-11-17-16-8-4-6-10-24(16)29-26(17)25(19)22/h3-14,28H,1-2H3. The molecule has 2 aromatic heterocycles. The number of hydrogen-bond acceptors (Lipinski definition) is 1. The Morgan fingerprint density at radius 1 is 0.690 bits per heavy atom. The highest BCUT2D eigenvalue weighted by molar-refractivity contribution is 6.23. The first kappa shape index (κ1) is 15.4. The molecule has 1 aliphatic rings. The van der Waals surface area contributed by atoms with Crippen LogP contribution in [0.5, 0.6) is 0 Å². The van der Waals surface area contributed by atoms with Gasteiger partial charge in [-0.2, -0.15) is 0 Å². The summed E-state index contributed by atoms with van der Waals surface area (Å²) in [6.45, 7) is 4.65. The molecule has 0 amide bonds. The van der Waals surface area contributed by atoms with Crippen molar-refractivity contribution in [3.8, 4) is 11.1 Å². The minimum atomic E-state index is 0.00605. The number of benzene rings is 4. The summed E-state index contributed by atoms with van der Waals surface area (Å²) in [5.41, 5.74) is 9.70. The summed E-state index contributed by atoms with van der Waals surface area (Å²) in [6.07, 6.45) is 0. The first-order valence-corrected chi connectivity index (χ1v) is 10.1. The van der Waals surface area contributed by atoms with Crippen molar-refractivity contribution in [2.24, 2.45) is 0 Å². The van der Waals surface area contributed by atoms with Crippen molar-refractivity contribution in [3.63, 3.8) is 0 Å². The maximum atomic E-state index is 6.34. The molecule has 0 fully saturated rings. The Labute approximate surface area is 167 Å². The van der Waals surface area contributed by atoms with Crippen molar-refractivity contribution in [3.05, 3.63) is 83.9 Å². The van der Waals surface area contributed by atoms with E-state index in [4.69, 9.17) is 4.42 Å². The highest BCUT2D eigenvalue weighted by Crippen LogP contribution is 2.50. The molecule has 1 N–H and O–H groups in total. The molecule has 2 heterocycles. The zero-order valence-corrected chi connectivity index (χ0v) is 16.3. The van der Waals surface area contributed by atoms with E-state index in [0.29, 0.717) is 0 Å². The number of aromatic nitrogens is 1. The molecule has 2 nitrogen and oxygen atoms in total. The molecular weight excluding hydrogens is 354 g/mol. The van der Waals surface area contributed by atoms with Gasteiger partial charge in [-0.25, -0.2) is 0 Å². The van der Waals surface area contributed by atoms with Gasteiger partial charge in [0.25, 0.3) is 0 Å². The summed E-state index contributed by atoms with van der Waals surface area (Å²) in [6, 6.07) is 26.2. The molecule has 0 saturated heterocycles. The van der Waals surface area contributed by atoms with Crippen LogP contribution < -0.4 is 0 Å². The van der Waals surface area contributed by atoms with E-state index in [-0.39, 0.29) is 5.41 Å². The van der Waals surface area contributed by atoms with Crippen molar-refractivity contribution in [2.45, 2.75) is 19.3 Å². The molecule has 7 rings (SSSR count). The van der Waals surface area contributed by atoms with Gasteiger partial charge >= 0.3 is 0 Å². The van der Waals surface area contributed by atoms with Crippen molar-refractivity contribution >= 4 is 43.7 Å². The van der Waals surface area contributed by atoms with Gasteiger partial charge < -0.3 is 9.40 Å². The molecule has 0 unspecified atom stereocenters. The van der Waals surface area contributed by atoms with Crippen LogP contribution in [0.15, 0.2) is 77.2 Å². The van der Waals surface area contributed by atoms with E-state index in [2.05, 4.69) is 79.5 Å². The van der Waals surface area contributed by atoms with Crippen molar-refractivity contribution < 1.29 is 4.42 Å². The van der Waals surface area contributed by atoms with Gasteiger partial charge in [-0.15, -0.1) is 0 Å². The minimum Gasteiger partial charge on any atom is -0.455 e. The maximum Gasteiger partial charge on any atom is 0.145 e. The second-order valence-corrected chi connectivity index (χ2v) is 8.70. The summed E-state index contributed by atoms with van der Waals surface area (Å²) in [4.78, 5) is 3.65. The fourth-order valence-corrected chi connectivity index (χ4v) is 5.36. The first-order valence-electron chi connectivity index (χ1n) is 10.1. The van der Waals surface area contributed by atoms with E-state index < -0.39 is 0 Å². The lowest BCUT2D eigenvalue weighted by Crippen LogP contribution is -2.14. The second kappa shape index (κ2) is 4.90. The number of hydrogen-bond donors (Lipinski definition) is 1. The lowest BCUT2D eigenvalue weighted by molar-refractivity contribution is 0.661. The van der Waals surface area contributed by atoms with Crippen LogP contribution in [0.3, 0.4) is 0 Å². The Morgan fingerprint density at radius 2 is 1.52 bits per heavy atom. The predicted molar refractivity (Wildman–Crippen MR) is 121 cm³/mol. The molecule has 138 valence electrons. The highest BCUT2D eigenvalue weighted by Gasteiger charge is 2.35. The molecule has 0 radical (unpaired) electrons. The Hall–Kier alpha value is -3.52. The van der Waals surface area contributed by atoms with Gasteiger partial charge in [0, 0.05) is 27.1 Å². The van der Waals surface area contributed by atoms with Crippen molar-refractivity contribution in [1.29, 1.82) is 0 Å². The number of rotatable bonds is 0. The van der Waals surface area contributed by atoms with Gasteiger partial charge in [0.2, 0.25) is 0 Å². The average Bonchev–Trinajstić information content (AvgIpc) is 3.36. The quantitative estimate of drug-likeness (QED) is 0.293. The van der Waals surface area contributed by atoms with Crippen LogP contribution in [0.2, 0.25) is 0 Å². The molecule has 0 atom stereocenters. The van der Waals surface area contributed by atoms with Crippen LogP contribution in [-0.4, -0.2) is 4.98 Å². The normalized spacial score (nSPS) is 14.8. The first-order chi connectivity index (χ1) is 14.1. The zero-order chi connectivity index (χ0) is 19.3. The Morgan fingerprint density at radius 3 is 2.45 bits per heavy atom. The van der Waals surface area contributed by atoms with Crippen LogP contribution in [-0.2, 0) is 5.41 Å². The summed E-state index contributed by atoms with van der Waals surface area (Å²) in [7, 11) is 0. The SMILES string of the molecule is CC1(C)c2ccccc2-c2cc3c(cc21)[nH]c1ccc2c4ccccc4oc2c13. The van der Waals surface area contributed by atoms with Gasteiger partial charge in [0.1, 0.15) is 11.2 Å². The molecule has 2 heteroatoms. The van der Waals surface area contributed by atoms with Crippen LogP contribution in [0.4, 0.5) is 0 Å². The van der Waals surface area contributed by atoms with E-state index in [1.165, 1.54) is 49.3 Å². The highest BCUT2D eigenvalue weighted by atomic mass is 16.3. The molecule has 0 spiro atoms. The van der Waals surface area contributed by atoms with Crippen molar-refractivity contribution in [2.75, 3.05) is 0 Å². The molecule has 4 aromatic carbocycles. The third-order valence-corrected chi connectivity index (χ3v) is 6.81. The van der Waals surface area contributed by atoms with Gasteiger partial charge in [-0.05, 0) is 52.6 Å². The number of furan rings is 1. The number of fused-ring (bicyclic) bond motifs is 10. The van der Waals surface area contributed by atoms with E-state index in [1.807, 2.05) is 12.1 Å². The fraction of sp³-hybridized carbons (Fsp3) is 0.111. The molecular formula is C27H19NO. The number of aromatic amines is 1. The summed E-state index contributed by atoms with van der Waals surface area (Å²) in [5.74, 6) is 0. The molecule has 6 aromatic rings. The largest absolute Gasteiger partial charge is 0.455 e. The number of para-hydroxylation sites is 1. The van der Waals surface area contributed by atoms with Crippen LogP contribution in [0, 0.1) is 0 Å². The lowest BCUT2D eigenvalue weighted by Gasteiger charge is -2.21. The monoisotopic (exact) mass is 373 g/mol.